The van der Waals surface area contributed by atoms with Gasteiger partial charge in [-0.15, -0.1) is 0 Å². The molecule has 0 atom stereocenters. The Hall–Kier alpha value is -2.21. The van der Waals surface area contributed by atoms with Gasteiger partial charge in [0.15, 0.2) is 11.5 Å². The van der Waals surface area contributed by atoms with Gasteiger partial charge < -0.3 is 20.5 Å². The summed E-state index contributed by atoms with van der Waals surface area (Å²) in [6.07, 6.45) is 2.28. The molecule has 0 amide bonds. The van der Waals surface area contributed by atoms with E-state index in [1.807, 2.05) is 18.2 Å². The monoisotopic (exact) mass is 306 g/mol. The Morgan fingerprint density at radius 2 is 2.05 bits per heavy atom. The number of aromatic nitrogens is 2. The van der Waals surface area contributed by atoms with Crippen molar-refractivity contribution in [1.82, 2.24) is 9.97 Å². The van der Waals surface area contributed by atoms with Crippen molar-refractivity contribution < 1.29 is 9.47 Å². The maximum atomic E-state index is 5.99. The summed E-state index contributed by atoms with van der Waals surface area (Å²) < 4.78 is 11.1. The number of ether oxygens (including phenoxy) is 2. The van der Waals surface area contributed by atoms with E-state index in [4.69, 9.17) is 26.8 Å². The van der Waals surface area contributed by atoms with Crippen LogP contribution in [0.2, 0.25) is 5.02 Å². The van der Waals surface area contributed by atoms with E-state index in [9.17, 15) is 0 Å². The van der Waals surface area contributed by atoms with Gasteiger partial charge in [0, 0.05) is 6.54 Å². The van der Waals surface area contributed by atoms with Crippen LogP contribution in [-0.2, 0) is 6.42 Å². The van der Waals surface area contributed by atoms with E-state index in [1.165, 1.54) is 6.20 Å². The van der Waals surface area contributed by atoms with E-state index in [2.05, 4.69) is 15.3 Å². The van der Waals surface area contributed by atoms with Crippen LogP contribution in [0.3, 0.4) is 0 Å². The molecule has 0 aliphatic carbocycles. The third-order valence-electron chi connectivity index (χ3n) is 3.08. The van der Waals surface area contributed by atoms with Crippen LogP contribution in [0.15, 0.2) is 24.4 Å². The first kappa shape index (κ1) is 13.8. The molecule has 0 unspecified atom stereocenters. The first-order chi connectivity index (χ1) is 10.2. The van der Waals surface area contributed by atoms with Crippen LogP contribution in [0.5, 0.6) is 11.5 Å². The summed E-state index contributed by atoms with van der Waals surface area (Å²) >= 11 is 5.99. The second kappa shape index (κ2) is 6.05. The largest absolute Gasteiger partial charge is 0.486 e. The lowest BCUT2D eigenvalue weighted by molar-refractivity contribution is 0.171. The molecule has 2 heterocycles. The maximum absolute atomic E-state index is 5.99. The van der Waals surface area contributed by atoms with Gasteiger partial charge in [-0.1, -0.05) is 17.7 Å². The maximum Gasteiger partial charge on any atom is 0.222 e. The van der Waals surface area contributed by atoms with Crippen LogP contribution in [0.1, 0.15) is 5.56 Å². The molecule has 6 nitrogen and oxygen atoms in total. The molecule has 0 saturated carbocycles. The molecule has 0 bridgehead atoms. The molecular weight excluding hydrogens is 292 g/mol. The van der Waals surface area contributed by atoms with E-state index in [-0.39, 0.29) is 5.95 Å². The molecule has 1 aromatic carbocycles. The summed E-state index contributed by atoms with van der Waals surface area (Å²) in [5.41, 5.74) is 6.68. The van der Waals surface area contributed by atoms with Crippen molar-refractivity contribution >= 4 is 23.4 Å². The highest BCUT2D eigenvalue weighted by molar-refractivity contribution is 6.32. The fraction of sp³-hybridized carbons (Fsp3) is 0.286. The van der Waals surface area contributed by atoms with Crippen LogP contribution in [0, 0.1) is 0 Å². The van der Waals surface area contributed by atoms with Crippen molar-refractivity contribution in [2.45, 2.75) is 6.42 Å². The van der Waals surface area contributed by atoms with Crippen molar-refractivity contribution in [1.29, 1.82) is 0 Å². The van der Waals surface area contributed by atoms with Crippen LogP contribution < -0.4 is 20.5 Å². The number of anilines is 2. The van der Waals surface area contributed by atoms with Gasteiger partial charge in [-0.25, -0.2) is 4.98 Å². The van der Waals surface area contributed by atoms with Gasteiger partial charge in [0.05, 0.1) is 6.20 Å². The number of nitrogens with two attached hydrogens (primary N) is 1. The predicted octanol–water partition coefficient (Wildman–Crippen LogP) is 2.14. The molecule has 21 heavy (non-hydrogen) atoms. The average molecular weight is 307 g/mol. The highest BCUT2D eigenvalue weighted by Crippen LogP contribution is 2.30. The summed E-state index contributed by atoms with van der Waals surface area (Å²) in [6, 6.07) is 5.94. The Morgan fingerprint density at radius 1 is 1.24 bits per heavy atom. The summed E-state index contributed by atoms with van der Waals surface area (Å²) in [5.74, 6) is 2.33. The van der Waals surface area contributed by atoms with Gasteiger partial charge >= 0.3 is 0 Å². The standard InChI is InChI=1S/C14H15ClN4O2/c15-10-8-18-14(16)19-13(10)17-4-3-9-1-2-11-12(7-9)21-6-5-20-11/h1-2,7-8H,3-6H2,(H3,16,17,18,19). The quantitative estimate of drug-likeness (QED) is 0.900. The Morgan fingerprint density at radius 3 is 2.90 bits per heavy atom. The van der Waals surface area contributed by atoms with E-state index in [0.29, 0.717) is 30.6 Å². The predicted molar refractivity (Wildman–Crippen MR) is 81.1 cm³/mol. The first-order valence-electron chi connectivity index (χ1n) is 6.63. The molecule has 1 aliphatic rings. The molecule has 3 rings (SSSR count). The Labute approximate surface area is 127 Å². The molecule has 0 fully saturated rings. The molecule has 0 spiro atoms. The number of hydrogen-bond acceptors (Lipinski definition) is 6. The zero-order valence-corrected chi connectivity index (χ0v) is 12.1. The van der Waals surface area contributed by atoms with Crippen LogP contribution >= 0.6 is 11.6 Å². The SMILES string of the molecule is Nc1ncc(Cl)c(NCCc2ccc3c(c2)OCCO3)n1. The van der Waals surface area contributed by atoms with Crippen LogP contribution in [-0.4, -0.2) is 29.7 Å². The van der Waals surface area contributed by atoms with E-state index in [0.717, 1.165) is 23.5 Å². The van der Waals surface area contributed by atoms with Crippen molar-refractivity contribution in [2.24, 2.45) is 0 Å². The van der Waals surface area contributed by atoms with Crippen molar-refractivity contribution in [3.63, 3.8) is 0 Å². The second-order valence-electron chi connectivity index (χ2n) is 4.58. The normalized spacial score (nSPS) is 13.0. The Balaban J connectivity index is 1.61. The minimum absolute atomic E-state index is 0.196. The first-order valence-corrected chi connectivity index (χ1v) is 7.00. The molecule has 2 aromatic rings. The van der Waals surface area contributed by atoms with E-state index in [1.54, 1.807) is 0 Å². The molecule has 1 aliphatic heterocycles. The fourth-order valence-corrected chi connectivity index (χ4v) is 2.23. The number of benzene rings is 1. The van der Waals surface area contributed by atoms with Crippen molar-refractivity contribution in [3.05, 3.63) is 35.0 Å². The Bertz CT molecular complexity index is 651. The summed E-state index contributed by atoms with van der Waals surface area (Å²) in [6.45, 7) is 1.86. The summed E-state index contributed by atoms with van der Waals surface area (Å²) in [7, 11) is 0. The lowest BCUT2D eigenvalue weighted by Gasteiger charge is -2.19. The number of nitrogens with zero attached hydrogens (tertiary/aromatic N) is 2. The highest BCUT2D eigenvalue weighted by atomic mass is 35.5. The third kappa shape index (κ3) is 3.28. The topological polar surface area (TPSA) is 82.3 Å². The molecule has 1 aromatic heterocycles. The number of rotatable bonds is 4. The van der Waals surface area contributed by atoms with E-state index >= 15 is 0 Å². The lowest BCUT2D eigenvalue weighted by Crippen LogP contribution is -2.15. The van der Waals surface area contributed by atoms with Gasteiger partial charge in [-0.3, -0.25) is 0 Å². The van der Waals surface area contributed by atoms with Crippen molar-refractivity contribution in [2.75, 3.05) is 30.8 Å². The minimum Gasteiger partial charge on any atom is -0.486 e. The number of fused-ring (bicyclic) bond motifs is 1. The third-order valence-corrected chi connectivity index (χ3v) is 3.35. The summed E-state index contributed by atoms with van der Waals surface area (Å²) in [4.78, 5) is 7.87. The second-order valence-corrected chi connectivity index (χ2v) is 4.99. The highest BCUT2D eigenvalue weighted by Gasteiger charge is 2.11. The molecule has 0 radical (unpaired) electrons. The number of nitrogen functional groups attached to an aromatic ring is 1. The van der Waals surface area contributed by atoms with Gasteiger partial charge in [0.1, 0.15) is 24.1 Å². The van der Waals surface area contributed by atoms with Gasteiger partial charge in [-0.2, -0.15) is 4.98 Å². The van der Waals surface area contributed by atoms with Gasteiger partial charge in [0.25, 0.3) is 0 Å². The zero-order chi connectivity index (χ0) is 14.7. The molecule has 3 N–H and O–H groups in total. The van der Waals surface area contributed by atoms with Gasteiger partial charge in [-0.05, 0) is 24.1 Å². The zero-order valence-electron chi connectivity index (χ0n) is 11.3. The molecule has 0 saturated heterocycles. The Kier molecular flexibility index (Phi) is 3.96. The molecular formula is C14H15ClN4O2. The minimum atomic E-state index is 0.196. The fourth-order valence-electron chi connectivity index (χ4n) is 2.07. The van der Waals surface area contributed by atoms with E-state index < -0.39 is 0 Å². The average Bonchev–Trinajstić information content (AvgIpc) is 2.50. The number of nitrogens with one attached hydrogen (secondary N) is 1. The van der Waals surface area contributed by atoms with Crippen LogP contribution in [0.25, 0.3) is 0 Å². The summed E-state index contributed by atoms with van der Waals surface area (Å²) in [5, 5.41) is 3.60. The molecule has 110 valence electrons. The van der Waals surface area contributed by atoms with Gasteiger partial charge in [0.2, 0.25) is 5.95 Å². The number of halogens is 1. The number of hydrogen-bond donors (Lipinski definition) is 2. The molecule has 7 heteroatoms. The van der Waals surface area contributed by atoms with Crippen LogP contribution in [0.4, 0.5) is 11.8 Å². The lowest BCUT2D eigenvalue weighted by atomic mass is 10.1. The smallest absolute Gasteiger partial charge is 0.222 e. The van der Waals surface area contributed by atoms with Crippen molar-refractivity contribution in [3.8, 4) is 11.5 Å².